The second kappa shape index (κ2) is 8.88. The van der Waals surface area contributed by atoms with Crippen molar-refractivity contribution in [2.45, 2.75) is 18.7 Å². The molecule has 2 amide bonds. The number of nitrogens with one attached hydrogen (secondary N) is 1. The highest BCUT2D eigenvalue weighted by molar-refractivity contribution is 6.31. The van der Waals surface area contributed by atoms with Gasteiger partial charge in [-0.3, -0.25) is 4.90 Å². The highest BCUT2D eigenvalue weighted by Crippen LogP contribution is 2.40. The summed E-state index contributed by atoms with van der Waals surface area (Å²) in [5.41, 5.74) is -4.27. The van der Waals surface area contributed by atoms with Crippen molar-refractivity contribution in [2.75, 3.05) is 23.9 Å². The maximum Gasteiger partial charge on any atom is 0.432 e. The summed E-state index contributed by atoms with van der Waals surface area (Å²) in [6, 6.07) is 6.77. The van der Waals surface area contributed by atoms with E-state index < -0.39 is 35.2 Å². The molecule has 0 aromatic heterocycles. The van der Waals surface area contributed by atoms with E-state index >= 15 is 0 Å². The number of esters is 1. The zero-order chi connectivity index (χ0) is 22.7. The lowest BCUT2D eigenvalue weighted by atomic mass is 9.93. The van der Waals surface area contributed by atoms with Crippen molar-refractivity contribution in [1.82, 2.24) is 0 Å². The highest BCUT2D eigenvalue weighted by Gasteiger charge is 2.62. The van der Waals surface area contributed by atoms with Gasteiger partial charge in [-0.1, -0.05) is 23.7 Å². The Morgan fingerprint density at radius 2 is 1.77 bits per heavy atom. The molecule has 0 fully saturated rings. The molecule has 0 unspecified atom stereocenters. The molecule has 0 saturated heterocycles. The van der Waals surface area contributed by atoms with E-state index in [0.29, 0.717) is 0 Å². The van der Waals surface area contributed by atoms with Crippen LogP contribution in [0.5, 0.6) is 0 Å². The van der Waals surface area contributed by atoms with E-state index in [1.807, 2.05) is 0 Å². The first-order valence-corrected chi connectivity index (χ1v) is 8.86. The van der Waals surface area contributed by atoms with Gasteiger partial charge in [0.2, 0.25) is 0 Å². The van der Waals surface area contributed by atoms with Gasteiger partial charge < -0.3 is 15.2 Å². The lowest BCUT2D eigenvalue weighted by molar-refractivity contribution is -0.267. The fourth-order valence-corrected chi connectivity index (χ4v) is 2.64. The molecule has 30 heavy (non-hydrogen) atoms. The number of carbonyl (C=O) groups is 2. The van der Waals surface area contributed by atoms with Crippen LogP contribution in [0.4, 0.5) is 33.7 Å². The monoisotopic (exact) mass is 448 g/mol. The van der Waals surface area contributed by atoms with E-state index in [9.17, 15) is 32.3 Å². The van der Waals surface area contributed by atoms with Crippen molar-refractivity contribution in [3.8, 4) is 0 Å². The zero-order valence-corrected chi connectivity index (χ0v) is 16.5. The smallest absolute Gasteiger partial charge is 0.432 e. The van der Waals surface area contributed by atoms with Crippen LogP contribution in [0.25, 0.3) is 0 Å². The highest BCUT2D eigenvalue weighted by atomic mass is 35.5. The third-order valence-electron chi connectivity index (χ3n) is 4.13. The predicted octanol–water partition coefficient (Wildman–Crippen LogP) is 4.46. The van der Waals surface area contributed by atoms with Crippen LogP contribution in [-0.4, -0.2) is 36.9 Å². The number of halogens is 5. The number of amides is 2. The molecule has 2 rings (SSSR count). The molecule has 2 aromatic rings. The number of urea groups is 1. The van der Waals surface area contributed by atoms with Crippen LogP contribution >= 0.6 is 11.6 Å². The first-order chi connectivity index (χ1) is 13.9. The second-order valence-electron chi connectivity index (χ2n) is 6.09. The molecule has 0 radical (unpaired) electrons. The Morgan fingerprint density at radius 1 is 1.17 bits per heavy atom. The van der Waals surface area contributed by atoms with E-state index in [-0.39, 0.29) is 23.0 Å². The molecule has 6 nitrogen and oxygen atoms in total. The quantitative estimate of drug-likeness (QED) is 0.523. The number of nitrogens with zero attached hydrogens (tertiary/aromatic N) is 1. The number of benzene rings is 2. The standard InChI is InChI=1S/C19H17ClF4N2O4/c1-3-30-16(27)18(29,19(22,23)24)11-4-7-13(8-5-11)26(2)17(28)25-12-6-9-15(21)14(20)10-12/h4-10,29H,3H2,1-2H3,(H,25,28)/t18-/m0/s1. The summed E-state index contributed by atoms with van der Waals surface area (Å²) in [4.78, 5) is 25.2. The maximum atomic E-state index is 13.4. The molecule has 11 heteroatoms. The Bertz CT molecular complexity index is 937. The average Bonchev–Trinajstić information content (AvgIpc) is 2.69. The van der Waals surface area contributed by atoms with Crippen LogP contribution in [0.3, 0.4) is 0 Å². The third-order valence-corrected chi connectivity index (χ3v) is 4.42. The van der Waals surface area contributed by atoms with Crippen LogP contribution in [0.15, 0.2) is 42.5 Å². The SMILES string of the molecule is CCOC(=O)[C@@](O)(c1ccc(N(C)C(=O)Nc2ccc(F)c(Cl)c2)cc1)C(F)(F)F. The zero-order valence-electron chi connectivity index (χ0n) is 15.8. The molecule has 0 aliphatic rings. The minimum atomic E-state index is -5.33. The van der Waals surface area contributed by atoms with Crippen LogP contribution in [0.1, 0.15) is 12.5 Å². The third kappa shape index (κ3) is 4.65. The summed E-state index contributed by atoms with van der Waals surface area (Å²) in [5.74, 6) is -2.53. The van der Waals surface area contributed by atoms with Gasteiger partial charge in [0.05, 0.1) is 11.6 Å². The number of hydrogen-bond donors (Lipinski definition) is 2. The van der Waals surface area contributed by atoms with Crippen LogP contribution in [-0.2, 0) is 15.1 Å². The van der Waals surface area contributed by atoms with Gasteiger partial charge in [0, 0.05) is 24.0 Å². The van der Waals surface area contributed by atoms with Crippen molar-refractivity contribution in [1.29, 1.82) is 0 Å². The summed E-state index contributed by atoms with van der Waals surface area (Å²) in [5, 5.41) is 12.3. The topological polar surface area (TPSA) is 78.9 Å². The molecule has 0 heterocycles. The first kappa shape index (κ1) is 23.4. The Kier molecular flexibility index (Phi) is 6.94. The molecule has 0 spiro atoms. The summed E-state index contributed by atoms with van der Waals surface area (Å²) < 4.78 is 57.7. The van der Waals surface area contributed by atoms with Crippen molar-refractivity contribution in [3.05, 3.63) is 58.9 Å². The van der Waals surface area contributed by atoms with Gasteiger partial charge in [0.25, 0.3) is 5.60 Å². The molecule has 0 aliphatic heterocycles. The van der Waals surface area contributed by atoms with Gasteiger partial charge in [-0.2, -0.15) is 13.2 Å². The fourth-order valence-electron chi connectivity index (χ4n) is 2.46. The number of ether oxygens (including phenoxy) is 1. The lowest BCUT2D eigenvalue weighted by Gasteiger charge is -2.29. The van der Waals surface area contributed by atoms with Crippen LogP contribution < -0.4 is 10.2 Å². The number of aliphatic hydroxyl groups is 1. The van der Waals surface area contributed by atoms with Crippen molar-refractivity contribution < 1.29 is 37.0 Å². The van der Waals surface area contributed by atoms with Gasteiger partial charge in [0.1, 0.15) is 5.82 Å². The van der Waals surface area contributed by atoms with Crippen molar-refractivity contribution in [3.63, 3.8) is 0 Å². The predicted molar refractivity (Wildman–Crippen MR) is 102 cm³/mol. The average molecular weight is 449 g/mol. The largest absolute Gasteiger partial charge is 0.463 e. The molecule has 0 aliphatic carbocycles. The molecule has 0 saturated carbocycles. The van der Waals surface area contributed by atoms with E-state index in [0.717, 1.165) is 35.2 Å². The Balaban J connectivity index is 2.25. The van der Waals surface area contributed by atoms with E-state index in [4.69, 9.17) is 11.6 Å². The normalized spacial score (nSPS) is 13.3. The Hall–Kier alpha value is -2.85. The lowest BCUT2D eigenvalue weighted by Crippen LogP contribution is -2.50. The number of rotatable bonds is 5. The van der Waals surface area contributed by atoms with E-state index in [2.05, 4.69) is 10.1 Å². The summed E-state index contributed by atoms with van der Waals surface area (Å²) in [6.07, 6.45) is -5.33. The van der Waals surface area contributed by atoms with Crippen molar-refractivity contribution in [2.24, 2.45) is 0 Å². The molecule has 2 aromatic carbocycles. The summed E-state index contributed by atoms with van der Waals surface area (Å²) in [6.45, 7) is 0.950. The van der Waals surface area contributed by atoms with Gasteiger partial charge in [-0.05, 0) is 37.3 Å². The number of alkyl halides is 3. The Labute approximate surface area is 174 Å². The van der Waals surface area contributed by atoms with Gasteiger partial charge >= 0.3 is 18.2 Å². The summed E-state index contributed by atoms with van der Waals surface area (Å²) >= 11 is 5.65. The second-order valence-corrected chi connectivity index (χ2v) is 6.50. The first-order valence-electron chi connectivity index (χ1n) is 8.48. The van der Waals surface area contributed by atoms with Crippen LogP contribution in [0, 0.1) is 5.82 Å². The van der Waals surface area contributed by atoms with Gasteiger partial charge in [-0.25, -0.2) is 14.0 Å². The molecule has 2 N–H and O–H groups in total. The van der Waals surface area contributed by atoms with Crippen LogP contribution in [0.2, 0.25) is 5.02 Å². The molecule has 1 atom stereocenters. The molecule has 162 valence electrons. The minimum absolute atomic E-state index is 0.151. The minimum Gasteiger partial charge on any atom is -0.463 e. The fraction of sp³-hybridized carbons (Fsp3) is 0.263. The molecular weight excluding hydrogens is 432 g/mol. The molecule has 0 bridgehead atoms. The number of hydrogen-bond acceptors (Lipinski definition) is 4. The molecular formula is C19H17ClF4N2O4. The van der Waals surface area contributed by atoms with Gasteiger partial charge in [-0.15, -0.1) is 0 Å². The Morgan fingerprint density at radius 3 is 2.27 bits per heavy atom. The van der Waals surface area contributed by atoms with E-state index in [1.165, 1.54) is 26.1 Å². The van der Waals surface area contributed by atoms with Gasteiger partial charge in [0.15, 0.2) is 0 Å². The summed E-state index contributed by atoms with van der Waals surface area (Å²) in [7, 11) is 1.33. The van der Waals surface area contributed by atoms with Crippen molar-refractivity contribution >= 4 is 35.0 Å². The van der Waals surface area contributed by atoms with E-state index in [1.54, 1.807) is 0 Å². The maximum absolute atomic E-state index is 13.4. The number of carbonyl (C=O) groups excluding carboxylic acids is 2. The number of anilines is 2.